The van der Waals surface area contributed by atoms with Gasteiger partial charge in [0.15, 0.2) is 11.5 Å². The van der Waals surface area contributed by atoms with Gasteiger partial charge in [0, 0.05) is 17.3 Å². The van der Waals surface area contributed by atoms with Crippen LogP contribution in [0.25, 0.3) is 0 Å². The number of aromatic nitrogens is 1. The third kappa shape index (κ3) is 3.43. The van der Waals surface area contributed by atoms with E-state index >= 15 is 0 Å². The van der Waals surface area contributed by atoms with Crippen LogP contribution in [0.3, 0.4) is 0 Å². The van der Waals surface area contributed by atoms with Crippen molar-refractivity contribution in [1.82, 2.24) is 4.98 Å². The van der Waals surface area contributed by atoms with E-state index in [1.54, 1.807) is 12.1 Å². The molecular formula is C14H11BrN2O4. The molecule has 1 heterocycles. The van der Waals surface area contributed by atoms with Gasteiger partial charge in [-0.2, -0.15) is 0 Å². The Morgan fingerprint density at radius 1 is 1.29 bits per heavy atom. The Morgan fingerprint density at radius 3 is 2.52 bits per heavy atom. The minimum Gasteiger partial charge on any atom is -0.447 e. The van der Waals surface area contributed by atoms with Crippen molar-refractivity contribution in [2.45, 2.75) is 13.8 Å². The minimum absolute atomic E-state index is 0.0522. The Balaban J connectivity index is 2.44. The Hall–Kier alpha value is -2.28. The summed E-state index contributed by atoms with van der Waals surface area (Å²) in [4.78, 5) is 26.0. The average Bonchev–Trinajstić information content (AvgIpc) is 2.41. The lowest BCUT2D eigenvalue weighted by atomic mass is 10.1. The van der Waals surface area contributed by atoms with E-state index in [2.05, 4.69) is 20.9 Å². The highest BCUT2D eigenvalue weighted by Crippen LogP contribution is 2.35. The molecule has 6 nitrogen and oxygen atoms in total. The fourth-order valence-corrected chi connectivity index (χ4v) is 2.16. The summed E-state index contributed by atoms with van der Waals surface area (Å²) in [6, 6.07) is 7.49. The Kier molecular flexibility index (Phi) is 4.32. The molecule has 0 aliphatic carbocycles. The van der Waals surface area contributed by atoms with Gasteiger partial charge in [0.1, 0.15) is 4.60 Å². The van der Waals surface area contributed by atoms with Crippen LogP contribution in [0.2, 0.25) is 0 Å². The van der Waals surface area contributed by atoms with Crippen molar-refractivity contribution >= 4 is 27.4 Å². The van der Waals surface area contributed by atoms with E-state index in [0.717, 1.165) is 5.69 Å². The van der Waals surface area contributed by atoms with Gasteiger partial charge in [-0.15, -0.1) is 0 Å². The smallest absolute Gasteiger partial charge is 0.312 e. The highest BCUT2D eigenvalue weighted by atomic mass is 79.9. The number of carbonyl (C=O) groups excluding carboxylic acids is 1. The monoisotopic (exact) mass is 350 g/mol. The second-order valence-electron chi connectivity index (χ2n) is 4.34. The fourth-order valence-electron chi connectivity index (χ4n) is 1.67. The summed E-state index contributed by atoms with van der Waals surface area (Å²) in [6.07, 6.45) is 0. The zero-order valence-electron chi connectivity index (χ0n) is 11.3. The number of rotatable bonds is 4. The largest absolute Gasteiger partial charge is 0.447 e. The molecule has 108 valence electrons. The van der Waals surface area contributed by atoms with Crippen molar-refractivity contribution in [1.29, 1.82) is 0 Å². The Labute approximate surface area is 129 Å². The lowest BCUT2D eigenvalue weighted by Crippen LogP contribution is -1.98. The van der Waals surface area contributed by atoms with E-state index in [4.69, 9.17) is 4.74 Å². The van der Waals surface area contributed by atoms with Crippen LogP contribution in [0, 0.1) is 17.0 Å². The SMILES string of the molecule is CC(=O)c1ccc(Oc2ccc(C)nc2Br)c([N+](=O)[O-])c1. The van der Waals surface area contributed by atoms with Crippen LogP contribution in [-0.2, 0) is 0 Å². The summed E-state index contributed by atoms with van der Waals surface area (Å²) in [5.74, 6) is 0.165. The standard InChI is InChI=1S/C14H11BrN2O4/c1-8-3-5-13(14(15)16-8)21-12-6-4-10(9(2)18)7-11(12)17(19)20/h3-7H,1-2H3. The van der Waals surface area contributed by atoms with Crippen LogP contribution in [0.1, 0.15) is 23.0 Å². The molecule has 0 aliphatic heterocycles. The van der Waals surface area contributed by atoms with Gasteiger partial charge in [0.05, 0.1) is 4.92 Å². The molecule has 7 heteroatoms. The highest BCUT2D eigenvalue weighted by molar-refractivity contribution is 9.10. The van der Waals surface area contributed by atoms with Crippen LogP contribution in [0.5, 0.6) is 11.5 Å². The molecule has 0 saturated heterocycles. The molecule has 0 bridgehead atoms. The molecule has 2 rings (SSSR count). The number of benzene rings is 1. The van der Waals surface area contributed by atoms with Crippen LogP contribution in [0.4, 0.5) is 5.69 Å². The number of nitrogens with zero attached hydrogens (tertiary/aromatic N) is 2. The van der Waals surface area contributed by atoms with Gasteiger partial charge in [-0.05, 0) is 54.0 Å². The molecule has 0 fully saturated rings. The number of carbonyl (C=O) groups is 1. The number of hydrogen-bond donors (Lipinski definition) is 0. The number of nitro groups is 1. The summed E-state index contributed by atoms with van der Waals surface area (Å²) in [5.41, 5.74) is 0.779. The molecule has 21 heavy (non-hydrogen) atoms. The van der Waals surface area contributed by atoms with Gasteiger partial charge in [0.25, 0.3) is 0 Å². The third-order valence-electron chi connectivity index (χ3n) is 2.74. The first-order valence-corrected chi connectivity index (χ1v) is 6.78. The molecule has 2 aromatic rings. The van der Waals surface area contributed by atoms with Crippen molar-refractivity contribution < 1.29 is 14.5 Å². The fraction of sp³-hybridized carbons (Fsp3) is 0.143. The lowest BCUT2D eigenvalue weighted by Gasteiger charge is -2.08. The number of ketones is 1. The van der Waals surface area contributed by atoms with Crippen molar-refractivity contribution in [2.24, 2.45) is 0 Å². The number of hydrogen-bond acceptors (Lipinski definition) is 5. The second-order valence-corrected chi connectivity index (χ2v) is 5.09. The summed E-state index contributed by atoms with van der Waals surface area (Å²) < 4.78 is 5.98. The topological polar surface area (TPSA) is 82.3 Å². The maximum atomic E-state index is 11.3. The molecule has 0 N–H and O–H groups in total. The molecule has 0 amide bonds. The number of Topliss-reactive ketones (excluding diaryl/α,β-unsaturated/α-hetero) is 1. The maximum Gasteiger partial charge on any atom is 0.312 e. The molecule has 0 radical (unpaired) electrons. The number of aryl methyl sites for hydroxylation is 1. The van der Waals surface area contributed by atoms with Gasteiger partial charge in [-0.3, -0.25) is 14.9 Å². The molecule has 0 aliphatic rings. The first-order valence-electron chi connectivity index (χ1n) is 5.99. The van der Waals surface area contributed by atoms with E-state index in [1.165, 1.54) is 25.1 Å². The first-order chi connectivity index (χ1) is 9.88. The predicted molar refractivity (Wildman–Crippen MR) is 79.8 cm³/mol. The second kappa shape index (κ2) is 6.01. The van der Waals surface area contributed by atoms with Crippen LogP contribution in [0.15, 0.2) is 34.9 Å². The highest BCUT2D eigenvalue weighted by Gasteiger charge is 2.19. The molecule has 0 atom stereocenters. The average molecular weight is 351 g/mol. The molecule has 0 saturated carbocycles. The van der Waals surface area contributed by atoms with Crippen molar-refractivity contribution in [3.63, 3.8) is 0 Å². The summed E-state index contributed by atoms with van der Waals surface area (Å²) in [6.45, 7) is 3.17. The van der Waals surface area contributed by atoms with Gasteiger partial charge in [-0.1, -0.05) is 0 Å². The Morgan fingerprint density at radius 2 is 1.95 bits per heavy atom. The molecule has 0 spiro atoms. The van der Waals surface area contributed by atoms with Gasteiger partial charge in [-0.25, -0.2) is 4.98 Å². The van der Waals surface area contributed by atoms with E-state index in [1.807, 2.05) is 6.92 Å². The summed E-state index contributed by atoms with van der Waals surface area (Å²) >= 11 is 3.24. The number of halogens is 1. The lowest BCUT2D eigenvalue weighted by molar-refractivity contribution is -0.385. The first kappa shape index (κ1) is 15.1. The quantitative estimate of drug-likeness (QED) is 0.359. The molecular weight excluding hydrogens is 340 g/mol. The van der Waals surface area contributed by atoms with E-state index in [9.17, 15) is 14.9 Å². The maximum absolute atomic E-state index is 11.3. The normalized spacial score (nSPS) is 10.2. The van der Waals surface area contributed by atoms with Crippen molar-refractivity contribution in [2.75, 3.05) is 0 Å². The van der Waals surface area contributed by atoms with Gasteiger partial charge < -0.3 is 4.74 Å². The van der Waals surface area contributed by atoms with E-state index in [-0.39, 0.29) is 22.8 Å². The van der Waals surface area contributed by atoms with Crippen molar-refractivity contribution in [3.05, 3.63) is 56.3 Å². The van der Waals surface area contributed by atoms with Crippen LogP contribution >= 0.6 is 15.9 Å². The zero-order valence-corrected chi connectivity index (χ0v) is 12.9. The van der Waals surface area contributed by atoms with Gasteiger partial charge >= 0.3 is 5.69 Å². The number of pyridine rings is 1. The summed E-state index contributed by atoms with van der Waals surface area (Å²) in [5, 5.41) is 11.1. The number of nitro benzene ring substituents is 1. The third-order valence-corrected chi connectivity index (χ3v) is 3.30. The zero-order chi connectivity index (χ0) is 15.6. The molecule has 0 unspecified atom stereocenters. The summed E-state index contributed by atoms with van der Waals surface area (Å²) in [7, 11) is 0. The van der Waals surface area contributed by atoms with Gasteiger partial charge in [0.2, 0.25) is 5.75 Å². The molecule has 1 aromatic carbocycles. The van der Waals surface area contributed by atoms with E-state index < -0.39 is 4.92 Å². The minimum atomic E-state index is -0.586. The van der Waals surface area contributed by atoms with Crippen molar-refractivity contribution in [3.8, 4) is 11.5 Å². The van der Waals surface area contributed by atoms with Crippen LogP contribution in [-0.4, -0.2) is 15.7 Å². The predicted octanol–water partition coefficient (Wildman–Crippen LogP) is 4.06. The van der Waals surface area contributed by atoms with E-state index in [0.29, 0.717) is 10.4 Å². The Bertz CT molecular complexity index is 731. The number of ether oxygens (including phenoxy) is 1. The van der Waals surface area contributed by atoms with Crippen LogP contribution < -0.4 is 4.74 Å². The molecule has 1 aromatic heterocycles.